The molecule has 1 unspecified atom stereocenters. The summed E-state index contributed by atoms with van der Waals surface area (Å²) in [6, 6.07) is 6.25. The van der Waals surface area contributed by atoms with E-state index in [4.69, 9.17) is 0 Å². The Kier molecular flexibility index (Phi) is 10.6. The van der Waals surface area contributed by atoms with Gasteiger partial charge in [0.1, 0.15) is 0 Å². The van der Waals surface area contributed by atoms with Crippen LogP contribution in [0.25, 0.3) is 0 Å². The molecule has 2 N–H and O–H groups in total. The van der Waals surface area contributed by atoms with Crippen molar-refractivity contribution < 1.29 is 4.79 Å². The predicted molar refractivity (Wildman–Crippen MR) is 95.8 cm³/mol. The summed E-state index contributed by atoms with van der Waals surface area (Å²) in [7, 11) is 1.90. The minimum Gasteiger partial charge on any atom is -0.326 e. The summed E-state index contributed by atoms with van der Waals surface area (Å²) in [4.78, 5) is 13.1. The van der Waals surface area contributed by atoms with E-state index >= 15 is 0 Å². The molecule has 5 heteroatoms. The van der Waals surface area contributed by atoms with Gasteiger partial charge in [-0.2, -0.15) is 0 Å². The summed E-state index contributed by atoms with van der Waals surface area (Å²) >= 11 is 1.88. The highest BCUT2D eigenvalue weighted by molar-refractivity contribution is 7.99. The summed E-state index contributed by atoms with van der Waals surface area (Å²) in [5.74, 6) is 0.0886. The van der Waals surface area contributed by atoms with Crippen LogP contribution in [0.3, 0.4) is 0 Å². The van der Waals surface area contributed by atoms with Gasteiger partial charge in [0.05, 0.1) is 0 Å². The third-order valence-electron chi connectivity index (χ3n) is 3.21. The number of aryl methyl sites for hydroxylation is 1. The largest absolute Gasteiger partial charge is 0.326 e. The monoisotopic (exact) mass is 330 g/mol. The normalized spacial score (nSPS) is 11.6. The molecule has 1 atom stereocenters. The van der Waals surface area contributed by atoms with Crippen molar-refractivity contribution in [1.82, 2.24) is 5.32 Å². The zero-order chi connectivity index (χ0) is 15.0. The average molecular weight is 331 g/mol. The number of carbonyl (C=O) groups excluding carboxylic acids is 1. The van der Waals surface area contributed by atoms with Gasteiger partial charge >= 0.3 is 0 Å². The summed E-state index contributed by atoms with van der Waals surface area (Å²) in [6.45, 7) is 7.35. The molecule has 0 aliphatic rings. The molecule has 0 saturated carbocycles. The molecule has 0 spiro atoms. The van der Waals surface area contributed by atoms with E-state index in [0.717, 1.165) is 30.6 Å². The molecule has 3 nitrogen and oxygen atoms in total. The summed E-state index contributed by atoms with van der Waals surface area (Å²) in [5, 5.41) is 6.66. The molecule has 0 aliphatic heterocycles. The molecule has 0 aliphatic carbocycles. The van der Waals surface area contributed by atoms with Gasteiger partial charge in [-0.25, -0.2) is 0 Å². The van der Waals surface area contributed by atoms with Gasteiger partial charge in [0.15, 0.2) is 0 Å². The molecule has 0 radical (unpaired) electrons. The number of anilines is 1. The zero-order valence-electron chi connectivity index (χ0n) is 13.4. The Morgan fingerprint density at radius 2 is 2.10 bits per heavy atom. The van der Waals surface area contributed by atoms with Crippen molar-refractivity contribution in [2.24, 2.45) is 0 Å². The third-order valence-corrected chi connectivity index (χ3v) is 4.48. The van der Waals surface area contributed by atoms with E-state index in [2.05, 4.69) is 36.6 Å². The molecular formula is C16H27ClN2OS. The van der Waals surface area contributed by atoms with Gasteiger partial charge < -0.3 is 10.6 Å². The van der Waals surface area contributed by atoms with Gasteiger partial charge in [-0.05, 0) is 57.1 Å². The van der Waals surface area contributed by atoms with E-state index in [1.165, 1.54) is 4.90 Å². The lowest BCUT2D eigenvalue weighted by molar-refractivity contribution is -0.116. The summed E-state index contributed by atoms with van der Waals surface area (Å²) < 4.78 is 0. The standard InChI is InChI=1S/C16H26N2OS.ClH/c1-5-13(3)20-14-8-9-15(12(2)11-14)18-16(19)7-6-10-17-4;/h8-9,11,13,17H,5-7,10H2,1-4H3,(H,18,19);1H. The highest BCUT2D eigenvalue weighted by atomic mass is 35.5. The van der Waals surface area contributed by atoms with Crippen LogP contribution < -0.4 is 10.6 Å². The molecule has 0 aromatic heterocycles. The maximum atomic E-state index is 11.8. The fourth-order valence-corrected chi connectivity index (χ4v) is 2.83. The fraction of sp³-hybridized carbons (Fsp3) is 0.562. The minimum atomic E-state index is 0. The number of hydrogen-bond donors (Lipinski definition) is 2. The topological polar surface area (TPSA) is 41.1 Å². The van der Waals surface area contributed by atoms with Crippen LogP contribution in [0.2, 0.25) is 0 Å². The number of carbonyl (C=O) groups is 1. The molecule has 0 bridgehead atoms. The summed E-state index contributed by atoms with van der Waals surface area (Å²) in [5.41, 5.74) is 2.05. The Labute approximate surface area is 139 Å². The van der Waals surface area contributed by atoms with Crippen LogP contribution in [0.5, 0.6) is 0 Å². The van der Waals surface area contributed by atoms with Crippen molar-refractivity contribution in [1.29, 1.82) is 0 Å². The second-order valence-electron chi connectivity index (χ2n) is 5.07. The van der Waals surface area contributed by atoms with Crippen LogP contribution in [0.4, 0.5) is 5.69 Å². The van der Waals surface area contributed by atoms with E-state index in [0.29, 0.717) is 11.7 Å². The van der Waals surface area contributed by atoms with Gasteiger partial charge in [-0.15, -0.1) is 24.2 Å². The molecule has 0 heterocycles. The molecule has 1 rings (SSSR count). The number of benzene rings is 1. The number of rotatable bonds is 8. The lowest BCUT2D eigenvalue weighted by Gasteiger charge is -2.12. The number of nitrogens with one attached hydrogen (secondary N) is 2. The van der Waals surface area contributed by atoms with Crippen LogP contribution in [0.15, 0.2) is 23.1 Å². The van der Waals surface area contributed by atoms with Gasteiger partial charge in [0.25, 0.3) is 0 Å². The molecule has 120 valence electrons. The third kappa shape index (κ3) is 7.74. The van der Waals surface area contributed by atoms with Gasteiger partial charge in [0, 0.05) is 22.3 Å². The average Bonchev–Trinajstić information content (AvgIpc) is 2.42. The van der Waals surface area contributed by atoms with Crippen molar-refractivity contribution >= 4 is 35.8 Å². The van der Waals surface area contributed by atoms with Gasteiger partial charge in [-0.1, -0.05) is 13.8 Å². The van der Waals surface area contributed by atoms with Crippen LogP contribution in [0, 0.1) is 6.92 Å². The number of thioether (sulfide) groups is 1. The van der Waals surface area contributed by atoms with E-state index in [9.17, 15) is 4.79 Å². The maximum absolute atomic E-state index is 11.8. The Balaban J connectivity index is 0.00000400. The van der Waals surface area contributed by atoms with E-state index in [-0.39, 0.29) is 18.3 Å². The van der Waals surface area contributed by atoms with Gasteiger partial charge in [0.2, 0.25) is 5.91 Å². The number of amides is 1. The van der Waals surface area contributed by atoms with Crippen LogP contribution in [-0.4, -0.2) is 24.7 Å². The van der Waals surface area contributed by atoms with Gasteiger partial charge in [-0.3, -0.25) is 4.79 Å². The Hall–Kier alpha value is -0.710. The summed E-state index contributed by atoms with van der Waals surface area (Å²) in [6.07, 6.45) is 2.58. The second-order valence-corrected chi connectivity index (χ2v) is 6.58. The second kappa shape index (κ2) is 10.9. The molecule has 0 fully saturated rings. The maximum Gasteiger partial charge on any atom is 0.224 e. The molecular weight excluding hydrogens is 304 g/mol. The van der Waals surface area contributed by atoms with Crippen molar-refractivity contribution in [2.45, 2.75) is 50.2 Å². The van der Waals surface area contributed by atoms with Crippen molar-refractivity contribution in [3.63, 3.8) is 0 Å². The molecule has 1 aromatic rings. The molecule has 21 heavy (non-hydrogen) atoms. The molecule has 0 saturated heterocycles. The molecule has 1 aromatic carbocycles. The lowest BCUT2D eigenvalue weighted by Crippen LogP contribution is -2.15. The highest BCUT2D eigenvalue weighted by Gasteiger charge is 2.07. The number of halogens is 1. The Morgan fingerprint density at radius 1 is 1.38 bits per heavy atom. The zero-order valence-corrected chi connectivity index (χ0v) is 15.0. The van der Waals surface area contributed by atoms with E-state index < -0.39 is 0 Å². The number of hydrogen-bond acceptors (Lipinski definition) is 3. The van der Waals surface area contributed by atoms with Crippen molar-refractivity contribution in [3.05, 3.63) is 23.8 Å². The first-order valence-corrected chi connectivity index (χ1v) is 8.16. The predicted octanol–water partition coefficient (Wildman–Crippen LogP) is 4.25. The first-order valence-electron chi connectivity index (χ1n) is 7.28. The Bertz CT molecular complexity index is 440. The van der Waals surface area contributed by atoms with E-state index in [1.54, 1.807) is 0 Å². The van der Waals surface area contributed by atoms with E-state index in [1.807, 2.05) is 31.8 Å². The Morgan fingerprint density at radius 3 is 2.67 bits per heavy atom. The van der Waals surface area contributed by atoms with Crippen LogP contribution >= 0.6 is 24.2 Å². The quantitative estimate of drug-likeness (QED) is 0.553. The van der Waals surface area contributed by atoms with Crippen molar-refractivity contribution in [2.75, 3.05) is 18.9 Å². The fourth-order valence-electron chi connectivity index (χ4n) is 1.80. The minimum absolute atomic E-state index is 0. The lowest BCUT2D eigenvalue weighted by atomic mass is 10.2. The van der Waals surface area contributed by atoms with Crippen LogP contribution in [0.1, 0.15) is 38.7 Å². The smallest absolute Gasteiger partial charge is 0.224 e. The van der Waals surface area contributed by atoms with Crippen LogP contribution in [-0.2, 0) is 4.79 Å². The SMILES string of the molecule is CCC(C)Sc1ccc(NC(=O)CCCNC)c(C)c1.Cl. The van der Waals surface area contributed by atoms with Crippen molar-refractivity contribution in [3.8, 4) is 0 Å². The first-order chi connectivity index (χ1) is 9.56. The highest BCUT2D eigenvalue weighted by Crippen LogP contribution is 2.28. The first kappa shape index (κ1) is 20.3. The molecule has 1 amide bonds.